The summed E-state index contributed by atoms with van der Waals surface area (Å²) >= 11 is 0. The minimum atomic E-state index is -0.418. The van der Waals surface area contributed by atoms with E-state index in [1.807, 2.05) is 25.7 Å². The Morgan fingerprint density at radius 1 is 1.17 bits per heavy atom. The second kappa shape index (κ2) is 7.24. The molecule has 2 rings (SSSR count). The van der Waals surface area contributed by atoms with Crippen LogP contribution in [-0.4, -0.2) is 36.2 Å². The van der Waals surface area contributed by atoms with Crippen molar-refractivity contribution in [2.75, 3.05) is 25.0 Å². The van der Waals surface area contributed by atoms with Gasteiger partial charge >= 0.3 is 6.09 Å². The van der Waals surface area contributed by atoms with E-state index in [1.165, 1.54) is 16.8 Å². The van der Waals surface area contributed by atoms with Crippen LogP contribution in [0.15, 0.2) is 18.2 Å². The third-order valence-electron chi connectivity index (χ3n) is 4.08. The molecule has 0 spiro atoms. The minimum Gasteiger partial charge on any atom is -0.444 e. The Kier molecular flexibility index (Phi) is 5.55. The number of hydrogen-bond acceptors (Lipinski definition) is 3. The normalized spacial score (nSPS) is 16.3. The van der Waals surface area contributed by atoms with Crippen molar-refractivity contribution in [3.8, 4) is 0 Å². The Balaban J connectivity index is 1.77. The average molecular weight is 318 g/mol. The van der Waals surface area contributed by atoms with Gasteiger partial charge in [0, 0.05) is 25.3 Å². The molecule has 4 nitrogen and oxygen atoms in total. The number of nitrogens with one attached hydrogen (secondary N) is 1. The summed E-state index contributed by atoms with van der Waals surface area (Å²) in [5, 5.41) is 3.54. The first-order valence-electron chi connectivity index (χ1n) is 8.53. The van der Waals surface area contributed by atoms with Crippen LogP contribution in [-0.2, 0) is 4.74 Å². The topological polar surface area (TPSA) is 41.6 Å². The zero-order chi connectivity index (χ0) is 17.0. The highest BCUT2D eigenvalue weighted by Gasteiger charge is 2.26. The van der Waals surface area contributed by atoms with E-state index in [1.54, 1.807) is 0 Å². The van der Waals surface area contributed by atoms with Gasteiger partial charge in [-0.3, -0.25) is 0 Å². The highest BCUT2D eigenvalue weighted by molar-refractivity contribution is 5.68. The molecule has 0 aliphatic carbocycles. The number of amides is 1. The SMILES string of the molecule is Cc1cc(C)cc(NCC2CCN(C(=O)OC(C)(C)C)CC2)c1. The van der Waals surface area contributed by atoms with Crippen LogP contribution < -0.4 is 5.32 Å². The van der Waals surface area contributed by atoms with Crippen LogP contribution in [0.25, 0.3) is 0 Å². The van der Waals surface area contributed by atoms with Gasteiger partial charge in [-0.2, -0.15) is 0 Å². The van der Waals surface area contributed by atoms with Crippen LogP contribution in [0.5, 0.6) is 0 Å². The highest BCUT2D eigenvalue weighted by Crippen LogP contribution is 2.21. The Morgan fingerprint density at radius 3 is 2.26 bits per heavy atom. The summed E-state index contributed by atoms with van der Waals surface area (Å²) in [6.07, 6.45) is 1.87. The fraction of sp³-hybridized carbons (Fsp3) is 0.632. The van der Waals surface area contributed by atoms with Gasteiger partial charge in [-0.25, -0.2) is 4.79 Å². The Morgan fingerprint density at radius 2 is 1.74 bits per heavy atom. The Labute approximate surface area is 140 Å². The Hall–Kier alpha value is -1.71. The van der Waals surface area contributed by atoms with Crippen molar-refractivity contribution in [1.29, 1.82) is 0 Å². The number of piperidine rings is 1. The number of rotatable bonds is 3. The summed E-state index contributed by atoms with van der Waals surface area (Å²) in [4.78, 5) is 13.9. The summed E-state index contributed by atoms with van der Waals surface area (Å²) in [5.74, 6) is 0.606. The quantitative estimate of drug-likeness (QED) is 0.900. The lowest BCUT2D eigenvalue weighted by atomic mass is 9.97. The number of benzene rings is 1. The largest absolute Gasteiger partial charge is 0.444 e. The van der Waals surface area contributed by atoms with E-state index < -0.39 is 5.60 Å². The molecule has 1 saturated heterocycles. The van der Waals surface area contributed by atoms with E-state index in [0.29, 0.717) is 5.92 Å². The summed E-state index contributed by atoms with van der Waals surface area (Å²) in [7, 11) is 0. The van der Waals surface area contributed by atoms with Gasteiger partial charge < -0.3 is 15.0 Å². The molecule has 1 N–H and O–H groups in total. The first-order valence-corrected chi connectivity index (χ1v) is 8.53. The molecule has 0 atom stereocenters. The van der Waals surface area contributed by atoms with Gasteiger partial charge in [0.15, 0.2) is 0 Å². The van der Waals surface area contributed by atoms with Crippen molar-refractivity contribution in [1.82, 2.24) is 4.90 Å². The average Bonchev–Trinajstić information content (AvgIpc) is 2.43. The van der Waals surface area contributed by atoms with Crippen LogP contribution in [0.3, 0.4) is 0 Å². The molecule has 128 valence electrons. The molecule has 1 amide bonds. The molecule has 1 heterocycles. The van der Waals surface area contributed by atoms with Crippen molar-refractivity contribution >= 4 is 11.8 Å². The van der Waals surface area contributed by atoms with Crippen molar-refractivity contribution < 1.29 is 9.53 Å². The summed E-state index contributed by atoms with van der Waals surface area (Å²) in [6, 6.07) is 6.55. The smallest absolute Gasteiger partial charge is 0.410 e. The van der Waals surface area contributed by atoms with Crippen molar-refractivity contribution in [3.63, 3.8) is 0 Å². The van der Waals surface area contributed by atoms with Crippen LogP contribution in [0.2, 0.25) is 0 Å². The predicted octanol–water partition coefficient (Wildman–Crippen LogP) is 4.36. The fourth-order valence-electron chi connectivity index (χ4n) is 2.99. The molecule has 1 aliphatic heterocycles. The maximum absolute atomic E-state index is 12.1. The van der Waals surface area contributed by atoms with Gasteiger partial charge in [0.05, 0.1) is 0 Å². The van der Waals surface area contributed by atoms with Crippen LogP contribution in [0, 0.1) is 19.8 Å². The summed E-state index contributed by atoms with van der Waals surface area (Å²) < 4.78 is 5.44. The van der Waals surface area contributed by atoms with E-state index in [4.69, 9.17) is 4.74 Å². The maximum atomic E-state index is 12.1. The lowest BCUT2D eigenvalue weighted by Gasteiger charge is -2.33. The van der Waals surface area contributed by atoms with Gasteiger partial charge in [-0.05, 0) is 76.6 Å². The minimum absolute atomic E-state index is 0.182. The standard InChI is InChI=1S/C19H30N2O2/c1-14-10-15(2)12-17(11-14)20-13-16-6-8-21(9-7-16)18(22)23-19(3,4)5/h10-12,16,20H,6-9,13H2,1-5H3. The summed E-state index contributed by atoms with van der Waals surface area (Å²) in [6.45, 7) is 12.5. The van der Waals surface area contributed by atoms with E-state index in [-0.39, 0.29) is 6.09 Å². The molecule has 1 fully saturated rings. The molecule has 1 aromatic rings. The molecule has 23 heavy (non-hydrogen) atoms. The van der Waals surface area contributed by atoms with Gasteiger partial charge in [0.1, 0.15) is 5.60 Å². The zero-order valence-electron chi connectivity index (χ0n) is 15.1. The number of carbonyl (C=O) groups excluding carboxylic acids is 1. The number of nitrogens with zero attached hydrogens (tertiary/aromatic N) is 1. The lowest BCUT2D eigenvalue weighted by Crippen LogP contribution is -2.42. The van der Waals surface area contributed by atoms with Gasteiger partial charge in [0.25, 0.3) is 0 Å². The second-order valence-corrected chi connectivity index (χ2v) is 7.67. The molecule has 0 saturated carbocycles. The molecular weight excluding hydrogens is 288 g/mol. The predicted molar refractivity (Wildman–Crippen MR) is 94.9 cm³/mol. The molecule has 0 unspecified atom stereocenters. The lowest BCUT2D eigenvalue weighted by molar-refractivity contribution is 0.0188. The van der Waals surface area contributed by atoms with Crippen LogP contribution in [0.1, 0.15) is 44.7 Å². The first-order chi connectivity index (χ1) is 10.7. The van der Waals surface area contributed by atoms with E-state index in [9.17, 15) is 4.79 Å². The number of likely N-dealkylation sites (tertiary alicyclic amines) is 1. The second-order valence-electron chi connectivity index (χ2n) is 7.67. The highest BCUT2D eigenvalue weighted by atomic mass is 16.6. The van der Waals surface area contributed by atoms with Crippen LogP contribution >= 0.6 is 0 Å². The summed E-state index contributed by atoms with van der Waals surface area (Å²) in [5.41, 5.74) is 3.34. The van der Waals surface area contributed by atoms with Crippen molar-refractivity contribution in [2.24, 2.45) is 5.92 Å². The monoisotopic (exact) mass is 318 g/mol. The van der Waals surface area contributed by atoms with Gasteiger partial charge in [-0.15, -0.1) is 0 Å². The van der Waals surface area contributed by atoms with E-state index in [2.05, 4.69) is 37.4 Å². The molecule has 1 aliphatic rings. The number of anilines is 1. The number of ether oxygens (including phenoxy) is 1. The van der Waals surface area contributed by atoms with Crippen LogP contribution in [0.4, 0.5) is 10.5 Å². The van der Waals surface area contributed by atoms with E-state index in [0.717, 1.165) is 32.5 Å². The first kappa shape index (κ1) is 17.6. The fourth-order valence-corrected chi connectivity index (χ4v) is 2.99. The number of carbonyl (C=O) groups is 1. The van der Waals surface area contributed by atoms with Crippen molar-refractivity contribution in [2.45, 2.75) is 53.1 Å². The van der Waals surface area contributed by atoms with E-state index >= 15 is 0 Å². The molecule has 0 aromatic heterocycles. The maximum Gasteiger partial charge on any atom is 0.410 e. The van der Waals surface area contributed by atoms with Crippen molar-refractivity contribution in [3.05, 3.63) is 29.3 Å². The molecule has 1 aromatic carbocycles. The number of aryl methyl sites for hydroxylation is 2. The van der Waals surface area contributed by atoms with Gasteiger partial charge in [0.2, 0.25) is 0 Å². The third-order valence-corrected chi connectivity index (χ3v) is 4.08. The van der Waals surface area contributed by atoms with Gasteiger partial charge in [-0.1, -0.05) is 6.07 Å². The number of hydrogen-bond donors (Lipinski definition) is 1. The zero-order valence-corrected chi connectivity index (χ0v) is 15.1. The third kappa shape index (κ3) is 5.77. The molecule has 4 heteroatoms. The Bertz CT molecular complexity index is 521. The molecular formula is C19H30N2O2. The molecule has 0 bridgehead atoms. The molecule has 0 radical (unpaired) electrons.